The van der Waals surface area contributed by atoms with Crippen molar-refractivity contribution < 1.29 is 19.0 Å². The van der Waals surface area contributed by atoms with Gasteiger partial charge in [0.2, 0.25) is 5.91 Å². The summed E-state index contributed by atoms with van der Waals surface area (Å²) in [5.74, 6) is 2.04. The average Bonchev–Trinajstić information content (AvgIpc) is 3.07. The number of benzene rings is 2. The first-order chi connectivity index (χ1) is 12.6. The number of nitrogens with one attached hydrogen (secondary N) is 2. The van der Waals surface area contributed by atoms with E-state index in [0.29, 0.717) is 22.3 Å². The molecule has 1 heterocycles. The van der Waals surface area contributed by atoms with E-state index in [4.69, 9.17) is 14.2 Å². The monoisotopic (exact) mass is 373 g/mol. The zero-order chi connectivity index (χ0) is 18.5. The first-order valence-corrected chi connectivity index (χ1v) is 8.79. The number of methoxy groups -OCH3 is 3. The first-order valence-electron chi connectivity index (χ1n) is 7.80. The van der Waals surface area contributed by atoms with Crippen molar-refractivity contribution in [2.45, 2.75) is 5.16 Å². The zero-order valence-electron chi connectivity index (χ0n) is 14.7. The quantitative estimate of drug-likeness (QED) is 0.618. The van der Waals surface area contributed by atoms with Gasteiger partial charge in [0.15, 0.2) is 5.16 Å². The number of aromatic nitrogens is 2. The molecule has 1 amide bonds. The van der Waals surface area contributed by atoms with Gasteiger partial charge < -0.3 is 24.5 Å². The number of nitrogens with zero attached hydrogens (tertiary/aromatic N) is 1. The van der Waals surface area contributed by atoms with Crippen LogP contribution in [0.2, 0.25) is 0 Å². The van der Waals surface area contributed by atoms with Crippen molar-refractivity contribution in [3.63, 3.8) is 0 Å². The van der Waals surface area contributed by atoms with Gasteiger partial charge >= 0.3 is 0 Å². The van der Waals surface area contributed by atoms with Gasteiger partial charge in [-0.15, -0.1) is 0 Å². The highest BCUT2D eigenvalue weighted by Gasteiger charge is 2.10. The van der Waals surface area contributed by atoms with Crippen LogP contribution in [0.1, 0.15) is 0 Å². The van der Waals surface area contributed by atoms with Gasteiger partial charge in [0.05, 0.1) is 38.1 Å². The van der Waals surface area contributed by atoms with Crippen LogP contribution in [0.5, 0.6) is 17.2 Å². The second-order valence-electron chi connectivity index (χ2n) is 5.36. The summed E-state index contributed by atoms with van der Waals surface area (Å²) in [7, 11) is 4.74. The van der Waals surface area contributed by atoms with Crippen molar-refractivity contribution in [2.75, 3.05) is 32.4 Å². The number of aromatic amines is 1. The molecular formula is C18H19N3O4S. The average molecular weight is 373 g/mol. The van der Waals surface area contributed by atoms with E-state index in [1.165, 1.54) is 11.8 Å². The van der Waals surface area contributed by atoms with E-state index in [-0.39, 0.29) is 11.7 Å². The Hall–Kier alpha value is -2.87. The van der Waals surface area contributed by atoms with Crippen LogP contribution in [-0.2, 0) is 4.79 Å². The Balaban J connectivity index is 1.64. The molecule has 2 aromatic carbocycles. The molecule has 0 aliphatic rings. The van der Waals surface area contributed by atoms with Gasteiger partial charge in [-0.25, -0.2) is 4.98 Å². The Morgan fingerprint density at radius 2 is 1.73 bits per heavy atom. The number of hydrogen-bond donors (Lipinski definition) is 2. The van der Waals surface area contributed by atoms with Gasteiger partial charge in [0.25, 0.3) is 0 Å². The summed E-state index contributed by atoms with van der Waals surface area (Å²) >= 11 is 1.32. The maximum atomic E-state index is 12.2. The molecule has 0 aliphatic carbocycles. The number of H-pyrrole nitrogens is 1. The number of anilines is 1. The number of fused-ring (bicyclic) bond motifs is 1. The van der Waals surface area contributed by atoms with Crippen molar-refractivity contribution in [2.24, 2.45) is 0 Å². The second kappa shape index (κ2) is 8.01. The van der Waals surface area contributed by atoms with E-state index in [9.17, 15) is 4.79 Å². The van der Waals surface area contributed by atoms with E-state index >= 15 is 0 Å². The fraction of sp³-hybridized carbons (Fsp3) is 0.222. The lowest BCUT2D eigenvalue weighted by atomic mass is 10.2. The number of imidazole rings is 1. The fourth-order valence-electron chi connectivity index (χ4n) is 2.37. The summed E-state index contributed by atoms with van der Waals surface area (Å²) in [6.07, 6.45) is 0. The largest absolute Gasteiger partial charge is 0.497 e. The molecule has 0 unspecified atom stereocenters. The summed E-state index contributed by atoms with van der Waals surface area (Å²) < 4.78 is 15.6. The smallest absolute Gasteiger partial charge is 0.234 e. The number of ether oxygens (including phenoxy) is 3. The molecule has 0 atom stereocenters. The van der Waals surface area contributed by atoms with E-state index < -0.39 is 0 Å². The van der Waals surface area contributed by atoms with Crippen molar-refractivity contribution in [3.05, 3.63) is 36.4 Å². The normalized spacial score (nSPS) is 10.6. The highest BCUT2D eigenvalue weighted by atomic mass is 32.2. The molecule has 1 aromatic heterocycles. The summed E-state index contributed by atoms with van der Waals surface area (Å²) in [5.41, 5.74) is 2.30. The van der Waals surface area contributed by atoms with Crippen molar-refractivity contribution >= 4 is 34.4 Å². The van der Waals surface area contributed by atoms with Gasteiger partial charge in [0, 0.05) is 30.0 Å². The first kappa shape index (κ1) is 17.9. The number of carbonyl (C=O) groups excluding carboxylic acids is 1. The predicted octanol–water partition coefficient (Wildman–Crippen LogP) is 3.32. The Kier molecular flexibility index (Phi) is 5.52. The molecule has 0 saturated carbocycles. The number of carbonyl (C=O) groups is 1. The molecule has 0 radical (unpaired) electrons. The Labute approximate surface area is 155 Å². The Bertz CT molecular complexity index is 904. The van der Waals surface area contributed by atoms with Gasteiger partial charge in [-0.3, -0.25) is 4.79 Å². The highest BCUT2D eigenvalue weighted by Crippen LogP contribution is 2.26. The summed E-state index contributed by atoms with van der Waals surface area (Å²) in [6, 6.07) is 10.8. The maximum Gasteiger partial charge on any atom is 0.234 e. The maximum absolute atomic E-state index is 12.2. The lowest BCUT2D eigenvalue weighted by Crippen LogP contribution is -2.14. The molecule has 0 fully saturated rings. The zero-order valence-corrected chi connectivity index (χ0v) is 15.5. The van der Waals surface area contributed by atoms with Gasteiger partial charge in [0.1, 0.15) is 17.2 Å². The molecule has 2 N–H and O–H groups in total. The predicted molar refractivity (Wildman–Crippen MR) is 102 cm³/mol. The molecule has 0 aliphatic heterocycles. The third-order valence-corrected chi connectivity index (χ3v) is 4.52. The minimum absolute atomic E-state index is 0.150. The van der Waals surface area contributed by atoms with Crippen LogP contribution in [0.25, 0.3) is 11.0 Å². The molecule has 0 bridgehead atoms. The van der Waals surface area contributed by atoms with Gasteiger partial charge in [-0.1, -0.05) is 11.8 Å². The SMILES string of the molecule is COc1cc(NC(=O)CSc2nc3ccc(OC)cc3[nH]2)cc(OC)c1. The highest BCUT2D eigenvalue weighted by molar-refractivity contribution is 7.99. The van der Waals surface area contributed by atoms with E-state index in [1.54, 1.807) is 39.5 Å². The van der Waals surface area contributed by atoms with Crippen LogP contribution in [0.3, 0.4) is 0 Å². The molecule has 136 valence electrons. The Morgan fingerprint density at radius 1 is 1.04 bits per heavy atom. The number of hydrogen-bond acceptors (Lipinski definition) is 6. The van der Waals surface area contributed by atoms with Crippen LogP contribution in [0.4, 0.5) is 5.69 Å². The number of thioether (sulfide) groups is 1. The van der Waals surface area contributed by atoms with E-state index in [2.05, 4.69) is 15.3 Å². The van der Waals surface area contributed by atoms with Crippen LogP contribution in [0.15, 0.2) is 41.6 Å². The van der Waals surface area contributed by atoms with Crippen LogP contribution < -0.4 is 19.5 Å². The Morgan fingerprint density at radius 3 is 2.38 bits per heavy atom. The van der Waals surface area contributed by atoms with E-state index in [0.717, 1.165) is 16.8 Å². The molecule has 0 saturated heterocycles. The van der Waals surface area contributed by atoms with E-state index in [1.807, 2.05) is 18.2 Å². The lowest BCUT2D eigenvalue weighted by molar-refractivity contribution is -0.113. The van der Waals surface area contributed by atoms with Crippen molar-refractivity contribution in [3.8, 4) is 17.2 Å². The van der Waals surface area contributed by atoms with Crippen LogP contribution >= 0.6 is 11.8 Å². The lowest BCUT2D eigenvalue weighted by Gasteiger charge is -2.09. The molecule has 0 spiro atoms. The minimum Gasteiger partial charge on any atom is -0.497 e. The van der Waals surface area contributed by atoms with Gasteiger partial charge in [-0.05, 0) is 12.1 Å². The topological polar surface area (TPSA) is 85.5 Å². The fourth-order valence-corrected chi connectivity index (χ4v) is 3.06. The molecule has 3 aromatic rings. The standard InChI is InChI=1S/C18H19N3O4S/c1-23-12-4-5-15-16(9-12)21-18(20-15)26-10-17(22)19-11-6-13(24-2)8-14(7-11)25-3/h4-9H,10H2,1-3H3,(H,19,22)(H,20,21). The van der Waals surface area contributed by atoms with Crippen molar-refractivity contribution in [1.29, 1.82) is 0 Å². The number of rotatable bonds is 7. The van der Waals surface area contributed by atoms with Crippen LogP contribution in [0, 0.1) is 0 Å². The molecule has 26 heavy (non-hydrogen) atoms. The van der Waals surface area contributed by atoms with Crippen LogP contribution in [-0.4, -0.2) is 43.0 Å². The molecule has 8 heteroatoms. The molecule has 3 rings (SSSR count). The molecule has 7 nitrogen and oxygen atoms in total. The number of amides is 1. The third kappa shape index (κ3) is 4.20. The molecular weight excluding hydrogens is 354 g/mol. The third-order valence-electron chi connectivity index (χ3n) is 3.64. The van der Waals surface area contributed by atoms with Crippen molar-refractivity contribution in [1.82, 2.24) is 9.97 Å². The van der Waals surface area contributed by atoms with Gasteiger partial charge in [-0.2, -0.15) is 0 Å². The minimum atomic E-state index is -0.150. The second-order valence-corrected chi connectivity index (χ2v) is 6.33. The summed E-state index contributed by atoms with van der Waals surface area (Å²) in [6.45, 7) is 0. The summed E-state index contributed by atoms with van der Waals surface area (Å²) in [4.78, 5) is 19.9. The summed E-state index contributed by atoms with van der Waals surface area (Å²) in [5, 5.41) is 3.50.